The Bertz CT molecular complexity index is 432. The van der Waals surface area contributed by atoms with E-state index < -0.39 is 0 Å². The standard InChI is InChI=1S/C14H19IN2O/c1-4-17(9-11(2)3)10-14(18)16-13-7-5-6-12(15)8-13/h5-8H,2,4,9-10H2,1,3H3,(H,16,18). The molecule has 0 aliphatic carbocycles. The molecule has 1 N–H and O–H groups in total. The molecule has 3 nitrogen and oxygen atoms in total. The lowest BCUT2D eigenvalue weighted by molar-refractivity contribution is -0.117. The number of likely N-dealkylation sites (N-methyl/N-ethyl adjacent to an activating group) is 1. The highest BCUT2D eigenvalue weighted by Crippen LogP contribution is 2.12. The Balaban J connectivity index is 2.52. The second-order valence-electron chi connectivity index (χ2n) is 4.32. The molecule has 0 unspecified atom stereocenters. The molecular weight excluding hydrogens is 339 g/mol. The number of anilines is 1. The molecular formula is C14H19IN2O. The molecule has 0 aliphatic heterocycles. The van der Waals surface area contributed by atoms with Crippen molar-refractivity contribution >= 4 is 34.2 Å². The SMILES string of the molecule is C=C(C)CN(CC)CC(=O)Nc1cccc(I)c1. The van der Waals surface area contributed by atoms with Crippen LogP contribution in [-0.4, -0.2) is 30.4 Å². The molecule has 0 bridgehead atoms. The van der Waals surface area contributed by atoms with Crippen molar-refractivity contribution in [2.24, 2.45) is 0 Å². The fourth-order valence-corrected chi connectivity index (χ4v) is 2.17. The second kappa shape index (κ2) is 7.53. The van der Waals surface area contributed by atoms with E-state index in [4.69, 9.17) is 0 Å². The van der Waals surface area contributed by atoms with E-state index in [1.54, 1.807) is 0 Å². The molecule has 1 amide bonds. The van der Waals surface area contributed by atoms with Gasteiger partial charge in [-0.1, -0.05) is 25.1 Å². The maximum atomic E-state index is 11.9. The molecule has 1 aromatic carbocycles. The smallest absolute Gasteiger partial charge is 0.238 e. The fourth-order valence-electron chi connectivity index (χ4n) is 1.63. The molecule has 98 valence electrons. The topological polar surface area (TPSA) is 32.3 Å². The van der Waals surface area contributed by atoms with Crippen LogP contribution >= 0.6 is 22.6 Å². The number of nitrogens with one attached hydrogen (secondary N) is 1. The van der Waals surface area contributed by atoms with E-state index >= 15 is 0 Å². The molecule has 18 heavy (non-hydrogen) atoms. The van der Waals surface area contributed by atoms with Gasteiger partial charge in [-0.15, -0.1) is 0 Å². The fraction of sp³-hybridized carbons (Fsp3) is 0.357. The van der Waals surface area contributed by atoms with E-state index in [0.717, 1.165) is 27.9 Å². The summed E-state index contributed by atoms with van der Waals surface area (Å²) in [6.45, 7) is 9.88. The number of benzene rings is 1. The van der Waals surface area contributed by atoms with E-state index in [-0.39, 0.29) is 5.91 Å². The predicted octanol–water partition coefficient (Wildman–Crippen LogP) is 3.13. The van der Waals surface area contributed by atoms with Gasteiger partial charge in [0.05, 0.1) is 6.54 Å². The summed E-state index contributed by atoms with van der Waals surface area (Å²) in [5.74, 6) is 0.0140. The van der Waals surface area contributed by atoms with E-state index in [1.807, 2.05) is 38.1 Å². The van der Waals surface area contributed by atoms with Crippen molar-refractivity contribution in [3.05, 3.63) is 40.0 Å². The predicted molar refractivity (Wildman–Crippen MR) is 84.7 cm³/mol. The highest BCUT2D eigenvalue weighted by molar-refractivity contribution is 14.1. The zero-order valence-corrected chi connectivity index (χ0v) is 13.0. The molecule has 0 atom stereocenters. The first-order valence-electron chi connectivity index (χ1n) is 5.93. The summed E-state index contributed by atoms with van der Waals surface area (Å²) in [4.78, 5) is 14.0. The lowest BCUT2D eigenvalue weighted by Crippen LogP contribution is -2.34. The zero-order chi connectivity index (χ0) is 13.5. The van der Waals surface area contributed by atoms with Crippen LogP contribution in [0.4, 0.5) is 5.69 Å². The number of carbonyl (C=O) groups is 1. The Labute approximate surface area is 122 Å². The van der Waals surface area contributed by atoms with Crippen molar-refractivity contribution in [2.75, 3.05) is 25.0 Å². The van der Waals surface area contributed by atoms with Crippen LogP contribution in [0.5, 0.6) is 0 Å². The minimum atomic E-state index is 0.0140. The van der Waals surface area contributed by atoms with Crippen molar-refractivity contribution in [1.29, 1.82) is 0 Å². The molecule has 4 heteroatoms. The maximum absolute atomic E-state index is 11.9. The molecule has 0 aromatic heterocycles. The van der Waals surface area contributed by atoms with Crippen LogP contribution in [0.1, 0.15) is 13.8 Å². The Hall–Kier alpha value is -0.880. The van der Waals surface area contributed by atoms with Gasteiger partial charge in [0.15, 0.2) is 0 Å². The van der Waals surface area contributed by atoms with Gasteiger partial charge >= 0.3 is 0 Å². The average Bonchev–Trinajstić information content (AvgIpc) is 2.27. The van der Waals surface area contributed by atoms with Gasteiger partial charge in [0.1, 0.15) is 0 Å². The van der Waals surface area contributed by atoms with E-state index in [2.05, 4.69) is 39.4 Å². The van der Waals surface area contributed by atoms with Gasteiger partial charge in [-0.3, -0.25) is 9.69 Å². The quantitative estimate of drug-likeness (QED) is 0.626. The minimum absolute atomic E-state index is 0.0140. The van der Waals surface area contributed by atoms with Crippen LogP contribution in [0.3, 0.4) is 0 Å². The molecule has 0 saturated carbocycles. The van der Waals surface area contributed by atoms with Gasteiger partial charge in [0, 0.05) is 15.8 Å². The normalized spacial score (nSPS) is 10.4. The Morgan fingerprint density at radius 1 is 1.44 bits per heavy atom. The number of hydrogen-bond donors (Lipinski definition) is 1. The molecule has 0 radical (unpaired) electrons. The average molecular weight is 358 g/mol. The summed E-state index contributed by atoms with van der Waals surface area (Å²) in [6.07, 6.45) is 0. The van der Waals surface area contributed by atoms with Gasteiger partial charge in [-0.05, 0) is 54.3 Å². The molecule has 0 aliphatic rings. The third-order valence-electron chi connectivity index (χ3n) is 2.42. The lowest BCUT2D eigenvalue weighted by Gasteiger charge is -2.19. The number of halogens is 1. The van der Waals surface area contributed by atoms with Crippen molar-refractivity contribution in [3.63, 3.8) is 0 Å². The third-order valence-corrected chi connectivity index (χ3v) is 3.09. The van der Waals surface area contributed by atoms with Crippen molar-refractivity contribution in [3.8, 4) is 0 Å². The van der Waals surface area contributed by atoms with Crippen LogP contribution < -0.4 is 5.32 Å². The second-order valence-corrected chi connectivity index (χ2v) is 5.56. The number of nitrogens with zero attached hydrogens (tertiary/aromatic N) is 1. The van der Waals surface area contributed by atoms with Crippen LogP contribution in [0.2, 0.25) is 0 Å². The van der Waals surface area contributed by atoms with E-state index in [1.165, 1.54) is 0 Å². The number of rotatable bonds is 6. The molecule has 0 saturated heterocycles. The molecule has 1 aromatic rings. The van der Waals surface area contributed by atoms with Crippen LogP contribution in [0.15, 0.2) is 36.4 Å². The summed E-state index contributed by atoms with van der Waals surface area (Å²) in [5.41, 5.74) is 1.91. The summed E-state index contributed by atoms with van der Waals surface area (Å²) in [7, 11) is 0. The van der Waals surface area contributed by atoms with Gasteiger partial charge in [0.2, 0.25) is 5.91 Å². The van der Waals surface area contributed by atoms with Crippen LogP contribution in [-0.2, 0) is 4.79 Å². The van der Waals surface area contributed by atoms with Gasteiger partial charge < -0.3 is 5.32 Å². The molecule has 0 fully saturated rings. The molecule has 0 heterocycles. The summed E-state index contributed by atoms with van der Waals surface area (Å²) in [6, 6.07) is 7.78. The highest BCUT2D eigenvalue weighted by atomic mass is 127. The Kier molecular flexibility index (Phi) is 6.35. The van der Waals surface area contributed by atoms with Gasteiger partial charge in [-0.25, -0.2) is 0 Å². The van der Waals surface area contributed by atoms with Crippen LogP contribution in [0.25, 0.3) is 0 Å². The lowest BCUT2D eigenvalue weighted by atomic mass is 10.3. The summed E-state index contributed by atoms with van der Waals surface area (Å²) in [5, 5.41) is 2.91. The van der Waals surface area contributed by atoms with E-state index in [0.29, 0.717) is 6.54 Å². The number of amides is 1. The first-order chi connectivity index (χ1) is 8.51. The largest absolute Gasteiger partial charge is 0.325 e. The Morgan fingerprint density at radius 3 is 2.72 bits per heavy atom. The molecule has 0 spiro atoms. The molecule has 1 rings (SSSR count). The first kappa shape index (κ1) is 15.2. The summed E-state index contributed by atoms with van der Waals surface area (Å²) >= 11 is 2.23. The Morgan fingerprint density at radius 2 is 2.17 bits per heavy atom. The van der Waals surface area contributed by atoms with Crippen molar-refractivity contribution in [2.45, 2.75) is 13.8 Å². The van der Waals surface area contributed by atoms with Crippen molar-refractivity contribution < 1.29 is 4.79 Å². The maximum Gasteiger partial charge on any atom is 0.238 e. The third kappa shape index (κ3) is 5.64. The van der Waals surface area contributed by atoms with Gasteiger partial charge in [-0.2, -0.15) is 0 Å². The monoisotopic (exact) mass is 358 g/mol. The first-order valence-corrected chi connectivity index (χ1v) is 7.01. The zero-order valence-electron chi connectivity index (χ0n) is 10.9. The highest BCUT2D eigenvalue weighted by Gasteiger charge is 2.09. The summed E-state index contributed by atoms with van der Waals surface area (Å²) < 4.78 is 1.11. The number of hydrogen-bond acceptors (Lipinski definition) is 2. The minimum Gasteiger partial charge on any atom is -0.325 e. The van der Waals surface area contributed by atoms with Crippen LogP contribution in [0, 0.1) is 3.57 Å². The number of carbonyl (C=O) groups excluding carboxylic acids is 1. The van der Waals surface area contributed by atoms with E-state index in [9.17, 15) is 4.79 Å². The van der Waals surface area contributed by atoms with Crippen molar-refractivity contribution in [1.82, 2.24) is 4.90 Å². The van der Waals surface area contributed by atoms with Gasteiger partial charge in [0.25, 0.3) is 0 Å².